The third kappa shape index (κ3) is 4.67. The van der Waals surface area contributed by atoms with E-state index in [4.69, 9.17) is 0 Å². The predicted molar refractivity (Wildman–Crippen MR) is 74.0 cm³/mol. The van der Waals surface area contributed by atoms with E-state index in [1.54, 1.807) is 0 Å². The molecule has 16 heavy (non-hydrogen) atoms. The quantitative estimate of drug-likeness (QED) is 0.809. The largest absolute Gasteiger partial charge is 0.304 e. The van der Waals surface area contributed by atoms with Gasteiger partial charge in [-0.15, -0.1) is 11.3 Å². The predicted octanol–water partition coefficient (Wildman–Crippen LogP) is 4.61. The number of hydrogen-bond acceptors (Lipinski definition) is 2. The van der Waals surface area contributed by atoms with Crippen molar-refractivity contribution in [2.24, 2.45) is 5.41 Å². The standard InChI is InChI=1S/C14H25NS/c1-11(12-8-7-9-16-12)15-14(5,6)10-13(2,3)4/h7-9,11,15H,10H2,1-6H3. The second-order valence-electron chi connectivity index (χ2n) is 6.50. The summed E-state index contributed by atoms with van der Waals surface area (Å²) in [6.45, 7) is 13.7. The molecule has 0 saturated carbocycles. The van der Waals surface area contributed by atoms with E-state index in [2.05, 4.69) is 64.4 Å². The van der Waals surface area contributed by atoms with Crippen molar-refractivity contribution in [2.75, 3.05) is 0 Å². The molecule has 1 aromatic heterocycles. The van der Waals surface area contributed by atoms with Crippen LogP contribution in [0.25, 0.3) is 0 Å². The molecule has 0 saturated heterocycles. The molecule has 92 valence electrons. The Morgan fingerprint density at radius 3 is 2.31 bits per heavy atom. The van der Waals surface area contributed by atoms with E-state index in [-0.39, 0.29) is 5.54 Å². The van der Waals surface area contributed by atoms with Crippen LogP contribution in [0.5, 0.6) is 0 Å². The summed E-state index contributed by atoms with van der Waals surface area (Å²) in [6, 6.07) is 4.77. The van der Waals surface area contributed by atoms with E-state index in [1.165, 1.54) is 11.3 Å². The van der Waals surface area contributed by atoms with Crippen LogP contribution in [0.3, 0.4) is 0 Å². The first-order chi connectivity index (χ1) is 7.20. The number of rotatable bonds is 4. The van der Waals surface area contributed by atoms with Gasteiger partial charge in [0.1, 0.15) is 0 Å². The summed E-state index contributed by atoms with van der Waals surface area (Å²) >= 11 is 1.83. The van der Waals surface area contributed by atoms with E-state index >= 15 is 0 Å². The summed E-state index contributed by atoms with van der Waals surface area (Å²) in [7, 11) is 0. The summed E-state index contributed by atoms with van der Waals surface area (Å²) in [5.74, 6) is 0. The molecule has 0 aromatic carbocycles. The first-order valence-electron chi connectivity index (χ1n) is 6.01. The zero-order valence-electron chi connectivity index (χ0n) is 11.4. The van der Waals surface area contributed by atoms with Crippen LogP contribution < -0.4 is 5.32 Å². The van der Waals surface area contributed by atoms with Crippen LogP contribution in [0.1, 0.15) is 58.9 Å². The lowest BCUT2D eigenvalue weighted by atomic mass is 9.81. The van der Waals surface area contributed by atoms with Crippen LogP contribution >= 0.6 is 11.3 Å². The topological polar surface area (TPSA) is 12.0 Å². The van der Waals surface area contributed by atoms with Gasteiger partial charge in [0.15, 0.2) is 0 Å². The van der Waals surface area contributed by atoms with Crippen molar-refractivity contribution in [1.82, 2.24) is 5.32 Å². The third-order valence-electron chi connectivity index (χ3n) is 2.55. The highest BCUT2D eigenvalue weighted by molar-refractivity contribution is 7.10. The monoisotopic (exact) mass is 239 g/mol. The molecular weight excluding hydrogens is 214 g/mol. The van der Waals surface area contributed by atoms with Crippen molar-refractivity contribution in [2.45, 2.75) is 59.5 Å². The molecule has 0 bridgehead atoms. The molecule has 0 spiro atoms. The maximum absolute atomic E-state index is 3.73. The van der Waals surface area contributed by atoms with E-state index in [0.29, 0.717) is 11.5 Å². The van der Waals surface area contributed by atoms with Crippen molar-refractivity contribution >= 4 is 11.3 Å². The Morgan fingerprint density at radius 1 is 1.25 bits per heavy atom. The Hall–Kier alpha value is -0.340. The summed E-state index contributed by atoms with van der Waals surface area (Å²) in [4.78, 5) is 1.42. The lowest BCUT2D eigenvalue weighted by Crippen LogP contribution is -2.43. The molecule has 1 N–H and O–H groups in total. The van der Waals surface area contributed by atoms with Gasteiger partial charge in [0.2, 0.25) is 0 Å². The molecule has 0 aliphatic heterocycles. The first-order valence-corrected chi connectivity index (χ1v) is 6.89. The number of nitrogens with one attached hydrogen (secondary N) is 1. The highest BCUT2D eigenvalue weighted by atomic mass is 32.1. The summed E-state index contributed by atoms with van der Waals surface area (Å²) in [5, 5.41) is 5.87. The van der Waals surface area contributed by atoms with Crippen molar-refractivity contribution in [3.8, 4) is 0 Å². The fourth-order valence-electron chi connectivity index (χ4n) is 2.57. The van der Waals surface area contributed by atoms with Crippen LogP contribution in [-0.2, 0) is 0 Å². The van der Waals surface area contributed by atoms with Gasteiger partial charge in [-0.3, -0.25) is 0 Å². The first kappa shape index (κ1) is 13.7. The van der Waals surface area contributed by atoms with Crippen LogP contribution in [0, 0.1) is 5.41 Å². The highest BCUT2D eigenvalue weighted by Crippen LogP contribution is 2.29. The van der Waals surface area contributed by atoms with Gasteiger partial charge in [-0.2, -0.15) is 0 Å². The van der Waals surface area contributed by atoms with Crippen LogP contribution in [0.15, 0.2) is 17.5 Å². The molecule has 1 heterocycles. The van der Waals surface area contributed by atoms with E-state index in [0.717, 1.165) is 0 Å². The smallest absolute Gasteiger partial charge is 0.0390 e. The van der Waals surface area contributed by atoms with Crippen LogP contribution in [-0.4, -0.2) is 5.54 Å². The molecule has 1 atom stereocenters. The molecule has 1 aromatic rings. The van der Waals surface area contributed by atoms with Gasteiger partial charge in [0.05, 0.1) is 0 Å². The molecule has 0 radical (unpaired) electrons. The maximum atomic E-state index is 3.73. The fourth-order valence-corrected chi connectivity index (χ4v) is 3.31. The van der Waals surface area contributed by atoms with E-state index < -0.39 is 0 Å². The molecule has 0 amide bonds. The average Bonchev–Trinajstić information content (AvgIpc) is 2.48. The normalized spacial score (nSPS) is 15.1. The molecular formula is C14H25NS. The van der Waals surface area contributed by atoms with Gasteiger partial charge in [-0.1, -0.05) is 26.8 Å². The maximum Gasteiger partial charge on any atom is 0.0390 e. The minimum atomic E-state index is 0.182. The minimum Gasteiger partial charge on any atom is -0.304 e. The molecule has 1 unspecified atom stereocenters. The average molecular weight is 239 g/mol. The van der Waals surface area contributed by atoms with Crippen molar-refractivity contribution in [1.29, 1.82) is 0 Å². The van der Waals surface area contributed by atoms with Crippen LogP contribution in [0.2, 0.25) is 0 Å². The van der Waals surface area contributed by atoms with Crippen molar-refractivity contribution in [3.63, 3.8) is 0 Å². The second-order valence-corrected chi connectivity index (χ2v) is 7.48. The summed E-state index contributed by atoms with van der Waals surface area (Å²) in [5.41, 5.74) is 0.549. The van der Waals surface area contributed by atoms with Gasteiger partial charge in [0.25, 0.3) is 0 Å². The molecule has 0 fully saturated rings. The van der Waals surface area contributed by atoms with Crippen molar-refractivity contribution < 1.29 is 0 Å². The van der Waals surface area contributed by atoms with Gasteiger partial charge >= 0.3 is 0 Å². The second kappa shape index (κ2) is 4.89. The molecule has 0 aliphatic rings. The zero-order valence-corrected chi connectivity index (χ0v) is 12.2. The minimum absolute atomic E-state index is 0.182. The Bertz CT molecular complexity index is 306. The van der Waals surface area contributed by atoms with Crippen molar-refractivity contribution in [3.05, 3.63) is 22.4 Å². The Morgan fingerprint density at radius 2 is 1.88 bits per heavy atom. The highest BCUT2D eigenvalue weighted by Gasteiger charge is 2.26. The number of thiophene rings is 1. The van der Waals surface area contributed by atoms with Gasteiger partial charge in [-0.25, -0.2) is 0 Å². The molecule has 0 aliphatic carbocycles. The third-order valence-corrected chi connectivity index (χ3v) is 3.60. The summed E-state index contributed by atoms with van der Waals surface area (Å²) in [6.07, 6.45) is 1.18. The Balaban J connectivity index is 2.59. The van der Waals surface area contributed by atoms with Crippen LogP contribution in [0.4, 0.5) is 0 Å². The summed E-state index contributed by atoms with van der Waals surface area (Å²) < 4.78 is 0. The van der Waals surface area contributed by atoms with E-state index in [1.807, 2.05) is 11.3 Å². The zero-order chi connectivity index (χ0) is 12.4. The molecule has 1 nitrogen and oxygen atoms in total. The Labute approximate surface area is 104 Å². The van der Waals surface area contributed by atoms with E-state index in [9.17, 15) is 0 Å². The van der Waals surface area contributed by atoms with Gasteiger partial charge in [0, 0.05) is 16.5 Å². The van der Waals surface area contributed by atoms with Gasteiger partial charge in [-0.05, 0) is 44.1 Å². The number of hydrogen-bond donors (Lipinski definition) is 1. The van der Waals surface area contributed by atoms with Gasteiger partial charge < -0.3 is 5.32 Å². The fraction of sp³-hybridized carbons (Fsp3) is 0.714. The SMILES string of the molecule is CC(NC(C)(C)CC(C)(C)C)c1cccs1. The molecule has 2 heteroatoms. The molecule has 1 rings (SSSR count). The Kier molecular flexibility index (Phi) is 4.19. The lowest BCUT2D eigenvalue weighted by Gasteiger charge is -2.35. The lowest BCUT2D eigenvalue weighted by molar-refractivity contribution is 0.227.